The number of allylic oxidation sites excluding steroid dienone is 2. The Kier molecular flexibility index (Phi) is 19.5. The lowest BCUT2D eigenvalue weighted by Gasteiger charge is -2.41. The summed E-state index contributed by atoms with van der Waals surface area (Å²) in [7, 11) is -4.29. The molecule has 1 aliphatic carbocycles. The second kappa shape index (κ2) is 22.7. The van der Waals surface area contributed by atoms with Crippen LogP contribution < -0.4 is 0 Å². The SMILES string of the molecule is CC[C@H](O[Si](C)(C)C(C)(C)C)[C@@H](C)[C@H]1O[C@@H]1C[C@@](C)(O)/C=C/C=C(\C)[C@H]1OC(=O)C[C@H](O[Si](C)(C)C(C)(C)C)CC[C@@](C)(O)[C@@H](OC(=O)N2CCN(C3CCCCCC3)CC2)/C=C/[C@@H]1C. The van der Waals surface area contributed by atoms with E-state index < -0.39 is 52.2 Å². The molecule has 0 bridgehead atoms. The number of ether oxygens (including phenoxy) is 3. The predicted molar refractivity (Wildman–Crippen MR) is 268 cm³/mol. The van der Waals surface area contributed by atoms with Crippen LogP contribution in [0.15, 0.2) is 36.0 Å². The van der Waals surface area contributed by atoms with E-state index in [1.165, 1.54) is 38.5 Å². The highest BCUT2D eigenvalue weighted by atomic mass is 28.4. The lowest BCUT2D eigenvalue weighted by molar-refractivity contribution is -0.151. The fourth-order valence-electron chi connectivity index (χ4n) is 9.30. The fourth-order valence-corrected chi connectivity index (χ4v) is 12.2. The van der Waals surface area contributed by atoms with E-state index in [-0.39, 0.29) is 59.0 Å². The van der Waals surface area contributed by atoms with Gasteiger partial charge in [0.15, 0.2) is 22.7 Å². The summed E-state index contributed by atoms with van der Waals surface area (Å²) >= 11 is 0. The quantitative estimate of drug-likeness (QED) is 0.0433. The van der Waals surface area contributed by atoms with Crippen LogP contribution in [0.4, 0.5) is 4.79 Å². The van der Waals surface area contributed by atoms with Gasteiger partial charge < -0.3 is 38.2 Å². The summed E-state index contributed by atoms with van der Waals surface area (Å²) in [5.41, 5.74) is -1.78. The maximum absolute atomic E-state index is 13.9. The molecule has 11 nitrogen and oxygen atoms in total. The minimum absolute atomic E-state index is 0.0274. The highest BCUT2D eigenvalue weighted by Crippen LogP contribution is 2.43. The van der Waals surface area contributed by atoms with Crippen molar-refractivity contribution in [1.82, 2.24) is 9.80 Å². The molecule has 0 aromatic heterocycles. The first kappa shape index (κ1) is 55.7. The molecule has 4 rings (SSSR count). The summed E-state index contributed by atoms with van der Waals surface area (Å²) in [5, 5.41) is 23.7. The summed E-state index contributed by atoms with van der Waals surface area (Å²) in [6, 6.07) is 0.586. The molecule has 0 radical (unpaired) electrons. The molecule has 10 atom stereocenters. The van der Waals surface area contributed by atoms with Gasteiger partial charge in [-0.15, -0.1) is 0 Å². The molecule has 3 fully saturated rings. The number of cyclic esters (lactones) is 1. The summed E-state index contributed by atoms with van der Waals surface area (Å²) in [4.78, 5) is 32.1. The van der Waals surface area contributed by atoms with Crippen molar-refractivity contribution in [3.05, 3.63) is 36.0 Å². The molecular formula is C52H94N2O9Si2. The van der Waals surface area contributed by atoms with Crippen molar-refractivity contribution in [3.63, 3.8) is 0 Å². The Labute approximate surface area is 397 Å². The first-order valence-electron chi connectivity index (χ1n) is 25.4. The van der Waals surface area contributed by atoms with Gasteiger partial charge >= 0.3 is 12.1 Å². The molecule has 0 aromatic rings. The van der Waals surface area contributed by atoms with Gasteiger partial charge in [0.05, 0.1) is 30.3 Å². The fraction of sp³-hybridized carbons (Fsp3) is 0.846. The first-order valence-corrected chi connectivity index (χ1v) is 31.2. The molecule has 0 spiro atoms. The number of aliphatic hydroxyl groups is 2. The Morgan fingerprint density at radius 3 is 2.12 bits per heavy atom. The zero-order chi connectivity index (χ0) is 48.8. The molecule has 13 heteroatoms. The number of hydrogen-bond acceptors (Lipinski definition) is 10. The van der Waals surface area contributed by atoms with Gasteiger partial charge in [0.25, 0.3) is 0 Å². The largest absolute Gasteiger partial charge is 0.457 e. The van der Waals surface area contributed by atoms with E-state index in [0.29, 0.717) is 32.0 Å². The predicted octanol–water partition coefficient (Wildman–Crippen LogP) is 11.1. The van der Waals surface area contributed by atoms with Crippen LogP contribution in [0.1, 0.15) is 154 Å². The Morgan fingerprint density at radius 2 is 1.55 bits per heavy atom. The van der Waals surface area contributed by atoms with Crippen molar-refractivity contribution in [2.75, 3.05) is 26.2 Å². The molecule has 2 saturated heterocycles. The molecule has 1 saturated carbocycles. The van der Waals surface area contributed by atoms with E-state index in [0.717, 1.165) is 25.1 Å². The second-order valence-corrected chi connectivity index (χ2v) is 33.4. The van der Waals surface area contributed by atoms with Crippen LogP contribution in [0.3, 0.4) is 0 Å². The standard InChI is InChI=1S/C52H94N2O9Si2/c1-17-42(63-65(15,16)50(8,9)10)39(4)47-43(59-47)36-51(11,57)29-22-23-37(2)46-38(3)26-27-44(60-48(56)54-33-31-53(32-34-54)40-24-20-18-19-21-25-40)52(12,58)30-28-41(35-45(55)61-46)62-64(13,14)49(5,6)7/h22-23,26-27,29,38-44,46-47,57-58H,17-21,24-25,28,30-36H2,1-16H3/b27-26+,29-22+,37-23+/t38-,39+,41+,42-,43+,44-,46+,47+,51-,52+/m0/s1. The minimum atomic E-state index is -2.33. The van der Waals surface area contributed by atoms with Gasteiger partial charge in [0.2, 0.25) is 0 Å². The number of carbonyl (C=O) groups is 2. The van der Waals surface area contributed by atoms with Crippen molar-refractivity contribution >= 4 is 28.7 Å². The molecule has 0 aromatic carbocycles. The number of carbonyl (C=O) groups excluding carboxylic acids is 2. The van der Waals surface area contributed by atoms with Gasteiger partial charge in [0, 0.05) is 56.6 Å². The van der Waals surface area contributed by atoms with Crippen LogP contribution >= 0.6 is 0 Å². The third kappa shape index (κ3) is 16.1. The van der Waals surface area contributed by atoms with E-state index in [1.807, 2.05) is 32.1 Å². The number of amides is 1. The number of esters is 1. The average molecular weight is 948 g/mol. The minimum Gasteiger partial charge on any atom is -0.457 e. The summed E-state index contributed by atoms with van der Waals surface area (Å²) in [5.74, 6) is -0.509. The highest BCUT2D eigenvalue weighted by Gasteiger charge is 2.50. The number of epoxide rings is 1. The molecule has 2 N–H and O–H groups in total. The van der Waals surface area contributed by atoms with E-state index in [9.17, 15) is 19.8 Å². The third-order valence-electron chi connectivity index (χ3n) is 16.0. The van der Waals surface area contributed by atoms with E-state index in [4.69, 9.17) is 23.1 Å². The smallest absolute Gasteiger partial charge is 0.410 e. The van der Waals surface area contributed by atoms with Gasteiger partial charge in [-0.2, -0.15) is 0 Å². The van der Waals surface area contributed by atoms with Crippen molar-refractivity contribution < 1.29 is 42.9 Å². The maximum Gasteiger partial charge on any atom is 0.410 e. The number of nitrogens with zero attached hydrogens (tertiary/aromatic N) is 2. The monoisotopic (exact) mass is 947 g/mol. The zero-order valence-corrected chi connectivity index (χ0v) is 45.8. The van der Waals surface area contributed by atoms with Crippen LogP contribution in [0.5, 0.6) is 0 Å². The molecule has 4 aliphatic rings. The van der Waals surface area contributed by atoms with Crippen molar-refractivity contribution in [3.8, 4) is 0 Å². The average Bonchev–Trinajstić information content (AvgIpc) is 4.01. The Bertz CT molecular complexity index is 1630. The first-order chi connectivity index (χ1) is 30.0. The number of piperazine rings is 1. The van der Waals surface area contributed by atoms with Gasteiger partial charge in [-0.05, 0) is 101 Å². The summed E-state index contributed by atoms with van der Waals surface area (Å²) in [6.07, 6.45) is 16.4. The maximum atomic E-state index is 13.9. The van der Waals surface area contributed by atoms with Crippen molar-refractivity contribution in [1.29, 1.82) is 0 Å². The van der Waals surface area contributed by atoms with Gasteiger partial charge in [-0.25, -0.2) is 4.79 Å². The van der Waals surface area contributed by atoms with Gasteiger partial charge in [-0.3, -0.25) is 9.69 Å². The normalized spacial score (nSPS) is 31.5. The van der Waals surface area contributed by atoms with Crippen molar-refractivity contribution in [2.45, 2.75) is 244 Å². The number of rotatable bonds is 14. The molecule has 3 aliphatic heterocycles. The lowest BCUT2D eigenvalue weighted by Crippen LogP contribution is -2.53. The lowest BCUT2D eigenvalue weighted by atomic mass is 9.88. The molecule has 1 amide bonds. The molecule has 374 valence electrons. The van der Waals surface area contributed by atoms with Crippen LogP contribution in [0, 0.1) is 11.8 Å². The Balaban J connectivity index is 1.51. The third-order valence-corrected chi connectivity index (χ3v) is 25.0. The van der Waals surface area contributed by atoms with Crippen LogP contribution in [0.2, 0.25) is 36.3 Å². The van der Waals surface area contributed by atoms with E-state index in [1.54, 1.807) is 30.9 Å². The molecule has 65 heavy (non-hydrogen) atoms. The topological polar surface area (TPSA) is 131 Å². The summed E-state index contributed by atoms with van der Waals surface area (Å²) in [6.45, 7) is 36.8. The Hall–Kier alpha value is -1.85. The summed E-state index contributed by atoms with van der Waals surface area (Å²) < 4.78 is 32.4. The van der Waals surface area contributed by atoms with E-state index >= 15 is 0 Å². The van der Waals surface area contributed by atoms with Crippen LogP contribution in [0.25, 0.3) is 0 Å². The van der Waals surface area contributed by atoms with Gasteiger partial charge in [-0.1, -0.05) is 112 Å². The zero-order valence-electron chi connectivity index (χ0n) is 43.8. The van der Waals surface area contributed by atoms with Crippen LogP contribution in [-0.2, 0) is 27.9 Å². The molecule has 0 unspecified atom stereocenters. The molecular weight excluding hydrogens is 853 g/mol. The van der Waals surface area contributed by atoms with Gasteiger partial charge in [0.1, 0.15) is 11.7 Å². The number of hydrogen-bond donors (Lipinski definition) is 2. The second-order valence-electron chi connectivity index (χ2n) is 23.9. The Morgan fingerprint density at radius 1 is 0.954 bits per heavy atom. The van der Waals surface area contributed by atoms with E-state index in [2.05, 4.69) is 86.5 Å². The van der Waals surface area contributed by atoms with Crippen LogP contribution in [-0.4, -0.2) is 129 Å². The molecule has 3 heterocycles. The highest BCUT2D eigenvalue weighted by molar-refractivity contribution is 6.74. The van der Waals surface area contributed by atoms with Crippen molar-refractivity contribution in [2.24, 2.45) is 11.8 Å².